The first-order valence-corrected chi connectivity index (χ1v) is 5.77. The van der Waals surface area contributed by atoms with Crippen molar-refractivity contribution in [2.75, 3.05) is 0 Å². The lowest BCUT2D eigenvalue weighted by atomic mass is 10.2. The molecule has 0 radical (unpaired) electrons. The maximum absolute atomic E-state index is 10.4. The lowest BCUT2D eigenvalue weighted by molar-refractivity contribution is -0.131. The highest BCUT2D eigenvalue weighted by molar-refractivity contribution is 7.11. The van der Waals surface area contributed by atoms with Crippen molar-refractivity contribution in [3.8, 4) is 0 Å². The van der Waals surface area contributed by atoms with Crippen LogP contribution < -0.4 is 0 Å². The monoisotopic (exact) mass is 234 g/mol. The fraction of sp³-hybridized carbons (Fsp3) is 0.154. The second-order valence-corrected chi connectivity index (χ2v) is 4.36. The standard InChI is InChI=1S/C13H14O2S/c1-10(9-13(14)15)5-3-6-11(2)12-7-4-8-16-12/h3-9H,1-2H3,(H,14,15)/b5-3+,10-9+,11-6-. The number of hydrogen-bond acceptors (Lipinski definition) is 2. The van der Waals surface area contributed by atoms with E-state index in [-0.39, 0.29) is 0 Å². The maximum Gasteiger partial charge on any atom is 0.328 e. The second kappa shape index (κ2) is 6.08. The van der Waals surface area contributed by atoms with E-state index in [0.717, 1.165) is 5.57 Å². The molecule has 3 heteroatoms. The fourth-order valence-corrected chi connectivity index (χ4v) is 1.89. The Morgan fingerprint density at radius 2 is 2.19 bits per heavy atom. The van der Waals surface area contributed by atoms with Crippen LogP contribution in [0.4, 0.5) is 0 Å². The van der Waals surface area contributed by atoms with Crippen LogP contribution in [-0.4, -0.2) is 11.1 Å². The molecule has 1 N–H and O–H groups in total. The Morgan fingerprint density at radius 1 is 1.44 bits per heavy atom. The molecule has 84 valence electrons. The van der Waals surface area contributed by atoms with Crippen LogP contribution in [0.1, 0.15) is 18.7 Å². The molecule has 0 aliphatic heterocycles. The summed E-state index contributed by atoms with van der Waals surface area (Å²) in [6, 6.07) is 4.07. The van der Waals surface area contributed by atoms with Crippen molar-refractivity contribution in [3.05, 3.63) is 52.3 Å². The van der Waals surface area contributed by atoms with Gasteiger partial charge in [-0.1, -0.05) is 24.3 Å². The molecule has 1 aromatic heterocycles. The van der Waals surface area contributed by atoms with Gasteiger partial charge in [-0.25, -0.2) is 4.79 Å². The normalized spacial score (nSPS) is 13.4. The number of aliphatic carboxylic acids is 1. The van der Waals surface area contributed by atoms with Crippen LogP contribution in [-0.2, 0) is 4.79 Å². The number of allylic oxidation sites excluding steroid dienone is 5. The van der Waals surface area contributed by atoms with Gasteiger partial charge in [0.2, 0.25) is 0 Å². The highest BCUT2D eigenvalue weighted by atomic mass is 32.1. The van der Waals surface area contributed by atoms with Gasteiger partial charge in [-0.05, 0) is 36.4 Å². The molecule has 1 aromatic rings. The van der Waals surface area contributed by atoms with Crippen LogP contribution in [0, 0.1) is 0 Å². The van der Waals surface area contributed by atoms with E-state index in [1.54, 1.807) is 24.3 Å². The first kappa shape index (κ1) is 12.5. The highest BCUT2D eigenvalue weighted by Crippen LogP contribution is 2.19. The quantitative estimate of drug-likeness (QED) is 0.636. The summed E-state index contributed by atoms with van der Waals surface area (Å²) in [5, 5.41) is 10.6. The van der Waals surface area contributed by atoms with Gasteiger partial charge in [0.05, 0.1) is 0 Å². The van der Waals surface area contributed by atoms with E-state index in [4.69, 9.17) is 5.11 Å². The van der Waals surface area contributed by atoms with Crippen LogP contribution in [0.2, 0.25) is 0 Å². The Labute approximate surface area is 99.2 Å². The van der Waals surface area contributed by atoms with E-state index in [2.05, 4.69) is 6.07 Å². The van der Waals surface area contributed by atoms with Crippen molar-refractivity contribution < 1.29 is 9.90 Å². The third-order valence-corrected chi connectivity index (χ3v) is 2.97. The van der Waals surface area contributed by atoms with E-state index < -0.39 is 5.97 Å². The zero-order valence-electron chi connectivity index (χ0n) is 9.31. The average Bonchev–Trinajstić information content (AvgIpc) is 2.68. The summed E-state index contributed by atoms with van der Waals surface area (Å²) in [6.07, 6.45) is 6.81. The number of carbonyl (C=O) groups is 1. The molecule has 0 aromatic carbocycles. The Morgan fingerprint density at radius 3 is 2.75 bits per heavy atom. The molecule has 0 spiro atoms. The van der Waals surface area contributed by atoms with Crippen LogP contribution in [0.15, 0.2) is 47.4 Å². The minimum atomic E-state index is -0.916. The molecule has 0 aliphatic carbocycles. The molecule has 0 saturated carbocycles. The lowest BCUT2D eigenvalue weighted by Gasteiger charge is -1.93. The van der Waals surface area contributed by atoms with E-state index in [0.29, 0.717) is 0 Å². The van der Waals surface area contributed by atoms with Gasteiger partial charge in [0.15, 0.2) is 0 Å². The zero-order valence-corrected chi connectivity index (χ0v) is 10.1. The number of carboxylic acids is 1. The third kappa shape index (κ3) is 4.28. The number of hydrogen-bond donors (Lipinski definition) is 1. The average molecular weight is 234 g/mol. The van der Waals surface area contributed by atoms with E-state index in [1.807, 2.05) is 30.5 Å². The fourth-order valence-electron chi connectivity index (χ4n) is 1.17. The minimum Gasteiger partial charge on any atom is -0.478 e. The molecule has 0 saturated heterocycles. The summed E-state index contributed by atoms with van der Waals surface area (Å²) in [5.41, 5.74) is 1.90. The van der Waals surface area contributed by atoms with Gasteiger partial charge in [-0.15, -0.1) is 11.3 Å². The SMILES string of the molecule is C/C(=C/C=C/C(C)=C/C(=O)O)c1cccs1. The number of carboxylic acid groups (broad SMARTS) is 1. The molecule has 0 atom stereocenters. The Balaban J connectivity index is 2.66. The Kier molecular flexibility index (Phi) is 4.73. The second-order valence-electron chi connectivity index (χ2n) is 3.41. The smallest absolute Gasteiger partial charge is 0.328 e. The summed E-state index contributed by atoms with van der Waals surface area (Å²) < 4.78 is 0. The van der Waals surface area contributed by atoms with Crippen LogP contribution in [0.25, 0.3) is 5.57 Å². The van der Waals surface area contributed by atoms with E-state index in [1.165, 1.54) is 16.5 Å². The van der Waals surface area contributed by atoms with Gasteiger partial charge in [0.1, 0.15) is 0 Å². The molecular weight excluding hydrogens is 220 g/mol. The molecule has 0 aliphatic rings. The lowest BCUT2D eigenvalue weighted by Crippen LogP contribution is -1.87. The summed E-state index contributed by atoms with van der Waals surface area (Å²) >= 11 is 1.69. The summed E-state index contributed by atoms with van der Waals surface area (Å²) in [4.78, 5) is 11.6. The van der Waals surface area contributed by atoms with Crippen molar-refractivity contribution >= 4 is 22.9 Å². The maximum atomic E-state index is 10.4. The molecule has 16 heavy (non-hydrogen) atoms. The van der Waals surface area contributed by atoms with Crippen molar-refractivity contribution in [2.45, 2.75) is 13.8 Å². The van der Waals surface area contributed by atoms with Gasteiger partial charge in [0.25, 0.3) is 0 Å². The highest BCUT2D eigenvalue weighted by Gasteiger charge is 1.93. The summed E-state index contributed by atoms with van der Waals surface area (Å²) in [6.45, 7) is 3.80. The number of rotatable bonds is 4. The van der Waals surface area contributed by atoms with Gasteiger partial charge in [-0.2, -0.15) is 0 Å². The van der Waals surface area contributed by atoms with Crippen molar-refractivity contribution in [2.24, 2.45) is 0 Å². The van der Waals surface area contributed by atoms with Crippen molar-refractivity contribution in [1.82, 2.24) is 0 Å². The van der Waals surface area contributed by atoms with Crippen molar-refractivity contribution in [3.63, 3.8) is 0 Å². The predicted molar refractivity (Wildman–Crippen MR) is 68.5 cm³/mol. The van der Waals surface area contributed by atoms with E-state index in [9.17, 15) is 4.79 Å². The van der Waals surface area contributed by atoms with Gasteiger partial charge in [0, 0.05) is 11.0 Å². The topological polar surface area (TPSA) is 37.3 Å². The molecule has 0 bridgehead atoms. The Bertz CT molecular complexity index is 437. The van der Waals surface area contributed by atoms with Gasteiger partial charge in [-0.3, -0.25) is 0 Å². The largest absolute Gasteiger partial charge is 0.478 e. The molecule has 1 rings (SSSR count). The first-order chi connectivity index (χ1) is 7.59. The number of thiophene rings is 1. The first-order valence-electron chi connectivity index (χ1n) is 4.89. The van der Waals surface area contributed by atoms with Crippen LogP contribution >= 0.6 is 11.3 Å². The van der Waals surface area contributed by atoms with Crippen molar-refractivity contribution in [1.29, 1.82) is 0 Å². The minimum absolute atomic E-state index is 0.725. The molecule has 2 nitrogen and oxygen atoms in total. The molecule has 0 amide bonds. The van der Waals surface area contributed by atoms with E-state index >= 15 is 0 Å². The molecule has 0 fully saturated rings. The van der Waals surface area contributed by atoms with Crippen LogP contribution in [0.3, 0.4) is 0 Å². The molecule has 1 heterocycles. The Hall–Kier alpha value is -1.61. The van der Waals surface area contributed by atoms with Gasteiger partial charge >= 0.3 is 5.97 Å². The summed E-state index contributed by atoms with van der Waals surface area (Å²) in [7, 11) is 0. The third-order valence-electron chi connectivity index (χ3n) is 1.97. The molecular formula is C13H14O2S. The van der Waals surface area contributed by atoms with Crippen LogP contribution in [0.5, 0.6) is 0 Å². The summed E-state index contributed by atoms with van der Waals surface area (Å²) in [5.74, 6) is -0.916. The molecule has 0 unspecified atom stereocenters. The predicted octanol–water partition coefficient (Wildman–Crippen LogP) is 3.74. The zero-order chi connectivity index (χ0) is 12.0. The van der Waals surface area contributed by atoms with Gasteiger partial charge < -0.3 is 5.11 Å².